The van der Waals surface area contributed by atoms with Gasteiger partial charge in [-0.25, -0.2) is 4.79 Å². The number of aryl methyl sites for hydroxylation is 2. The molecule has 1 aromatic carbocycles. The average Bonchev–Trinajstić information content (AvgIpc) is 2.28. The summed E-state index contributed by atoms with van der Waals surface area (Å²) in [6, 6.07) is 6.18. The van der Waals surface area contributed by atoms with Crippen LogP contribution in [0.1, 0.15) is 16.7 Å². The molecule has 0 saturated heterocycles. The van der Waals surface area contributed by atoms with Gasteiger partial charge in [0.15, 0.2) is 0 Å². The summed E-state index contributed by atoms with van der Waals surface area (Å²) in [4.78, 5) is 10.6. The standard InChI is InChI=1S/C13H16O3/c1-10-6-7-12(9-11(10)2)5-4-8-16-13(14)15-3/h4-7,9H,8H2,1-3H3. The highest BCUT2D eigenvalue weighted by Gasteiger charge is 1.96. The number of carbonyl (C=O) groups is 1. The topological polar surface area (TPSA) is 35.5 Å². The minimum absolute atomic E-state index is 0.222. The zero-order chi connectivity index (χ0) is 12.0. The van der Waals surface area contributed by atoms with Crippen molar-refractivity contribution in [3.8, 4) is 0 Å². The van der Waals surface area contributed by atoms with Gasteiger partial charge < -0.3 is 9.47 Å². The maximum Gasteiger partial charge on any atom is 0.508 e. The molecule has 1 rings (SSSR count). The zero-order valence-corrected chi connectivity index (χ0v) is 9.82. The van der Waals surface area contributed by atoms with Gasteiger partial charge in [0.05, 0.1) is 7.11 Å². The molecule has 0 atom stereocenters. The molecule has 0 aliphatic carbocycles. The molecule has 0 heterocycles. The molecule has 0 fully saturated rings. The first-order chi connectivity index (χ1) is 7.63. The summed E-state index contributed by atoms with van der Waals surface area (Å²) in [5.74, 6) is 0. The lowest BCUT2D eigenvalue weighted by molar-refractivity contribution is 0.0819. The minimum atomic E-state index is -0.662. The van der Waals surface area contributed by atoms with Crippen molar-refractivity contribution in [2.45, 2.75) is 13.8 Å². The molecule has 3 nitrogen and oxygen atoms in total. The van der Waals surface area contributed by atoms with Crippen molar-refractivity contribution in [1.82, 2.24) is 0 Å². The van der Waals surface area contributed by atoms with Crippen LogP contribution in [0, 0.1) is 13.8 Å². The molecule has 0 bridgehead atoms. The molecule has 0 radical (unpaired) electrons. The molecule has 0 aliphatic rings. The van der Waals surface area contributed by atoms with E-state index in [0.717, 1.165) is 5.56 Å². The fourth-order valence-electron chi connectivity index (χ4n) is 1.23. The first kappa shape index (κ1) is 12.3. The van der Waals surface area contributed by atoms with E-state index < -0.39 is 6.16 Å². The van der Waals surface area contributed by atoms with Gasteiger partial charge in [0.25, 0.3) is 0 Å². The summed E-state index contributed by atoms with van der Waals surface area (Å²) in [6.45, 7) is 4.36. The number of ether oxygens (including phenoxy) is 2. The Morgan fingerprint density at radius 3 is 2.69 bits per heavy atom. The molecule has 0 aromatic heterocycles. The van der Waals surface area contributed by atoms with Crippen LogP contribution in [0.15, 0.2) is 24.3 Å². The molecule has 86 valence electrons. The van der Waals surface area contributed by atoms with Crippen LogP contribution in [0.4, 0.5) is 4.79 Å². The Balaban J connectivity index is 2.50. The molecular weight excluding hydrogens is 204 g/mol. The van der Waals surface area contributed by atoms with Gasteiger partial charge in [0, 0.05) is 0 Å². The van der Waals surface area contributed by atoms with Gasteiger partial charge in [0.1, 0.15) is 6.61 Å². The third-order valence-electron chi connectivity index (χ3n) is 2.31. The Hall–Kier alpha value is -1.77. The number of rotatable bonds is 3. The Kier molecular flexibility index (Phi) is 4.58. The van der Waals surface area contributed by atoms with Crippen molar-refractivity contribution < 1.29 is 14.3 Å². The van der Waals surface area contributed by atoms with Gasteiger partial charge in [-0.05, 0) is 36.6 Å². The Morgan fingerprint density at radius 1 is 1.31 bits per heavy atom. The summed E-state index contributed by atoms with van der Waals surface area (Å²) >= 11 is 0. The third-order valence-corrected chi connectivity index (χ3v) is 2.31. The molecular formula is C13H16O3. The molecule has 0 amide bonds. The largest absolute Gasteiger partial charge is 0.508 e. The Labute approximate surface area is 95.7 Å². The zero-order valence-electron chi connectivity index (χ0n) is 9.82. The van der Waals surface area contributed by atoms with Crippen molar-refractivity contribution in [1.29, 1.82) is 0 Å². The quantitative estimate of drug-likeness (QED) is 0.734. The van der Waals surface area contributed by atoms with Gasteiger partial charge in [-0.1, -0.05) is 24.3 Å². The number of methoxy groups -OCH3 is 1. The lowest BCUT2D eigenvalue weighted by Gasteiger charge is -2.01. The highest BCUT2D eigenvalue weighted by atomic mass is 16.7. The molecule has 0 N–H and O–H groups in total. The van der Waals surface area contributed by atoms with E-state index in [-0.39, 0.29) is 6.61 Å². The SMILES string of the molecule is COC(=O)OCC=Cc1ccc(C)c(C)c1. The van der Waals surface area contributed by atoms with E-state index in [1.807, 2.05) is 12.1 Å². The van der Waals surface area contributed by atoms with Crippen molar-refractivity contribution in [2.75, 3.05) is 13.7 Å². The lowest BCUT2D eigenvalue weighted by atomic mass is 10.1. The fourth-order valence-corrected chi connectivity index (χ4v) is 1.23. The molecule has 1 aromatic rings. The third kappa shape index (κ3) is 3.77. The van der Waals surface area contributed by atoms with Gasteiger partial charge in [-0.3, -0.25) is 0 Å². The van der Waals surface area contributed by atoms with Gasteiger partial charge in [0.2, 0.25) is 0 Å². The number of carbonyl (C=O) groups excluding carboxylic acids is 1. The van der Waals surface area contributed by atoms with E-state index in [9.17, 15) is 4.79 Å². The lowest BCUT2D eigenvalue weighted by Crippen LogP contribution is -2.03. The fraction of sp³-hybridized carbons (Fsp3) is 0.308. The molecule has 16 heavy (non-hydrogen) atoms. The van der Waals surface area contributed by atoms with Crippen LogP contribution in [0.5, 0.6) is 0 Å². The summed E-state index contributed by atoms with van der Waals surface area (Å²) in [7, 11) is 1.29. The molecule has 0 unspecified atom stereocenters. The van der Waals surface area contributed by atoms with Crippen LogP contribution in [-0.4, -0.2) is 19.9 Å². The smallest absolute Gasteiger partial charge is 0.438 e. The van der Waals surface area contributed by atoms with E-state index in [0.29, 0.717) is 0 Å². The maximum atomic E-state index is 10.6. The average molecular weight is 220 g/mol. The molecule has 0 saturated carbocycles. The predicted octanol–water partition coefficient (Wildman–Crippen LogP) is 3.10. The van der Waals surface area contributed by atoms with Crippen LogP contribution in [0.3, 0.4) is 0 Å². The van der Waals surface area contributed by atoms with Crippen LogP contribution in [-0.2, 0) is 9.47 Å². The highest BCUT2D eigenvalue weighted by molar-refractivity contribution is 5.60. The van der Waals surface area contributed by atoms with E-state index in [4.69, 9.17) is 4.74 Å². The number of benzene rings is 1. The second-order valence-corrected chi connectivity index (χ2v) is 3.51. The van der Waals surface area contributed by atoms with Gasteiger partial charge >= 0.3 is 6.16 Å². The molecule has 0 spiro atoms. The van der Waals surface area contributed by atoms with Crippen molar-refractivity contribution in [3.05, 3.63) is 41.0 Å². The first-order valence-corrected chi connectivity index (χ1v) is 5.08. The summed E-state index contributed by atoms with van der Waals surface area (Å²) < 4.78 is 9.06. The van der Waals surface area contributed by atoms with Crippen LogP contribution >= 0.6 is 0 Å². The normalized spacial score (nSPS) is 10.4. The van der Waals surface area contributed by atoms with Crippen molar-refractivity contribution in [3.63, 3.8) is 0 Å². The monoisotopic (exact) mass is 220 g/mol. The van der Waals surface area contributed by atoms with E-state index >= 15 is 0 Å². The summed E-state index contributed by atoms with van der Waals surface area (Å²) in [5, 5.41) is 0. The van der Waals surface area contributed by atoms with Crippen molar-refractivity contribution in [2.24, 2.45) is 0 Å². The number of hydrogen-bond acceptors (Lipinski definition) is 3. The van der Waals surface area contributed by atoms with Gasteiger partial charge in [-0.15, -0.1) is 0 Å². The Bertz CT molecular complexity index is 394. The second-order valence-electron chi connectivity index (χ2n) is 3.51. The van der Waals surface area contributed by atoms with Gasteiger partial charge in [-0.2, -0.15) is 0 Å². The van der Waals surface area contributed by atoms with Crippen LogP contribution in [0.25, 0.3) is 6.08 Å². The minimum Gasteiger partial charge on any atom is -0.438 e. The van der Waals surface area contributed by atoms with Crippen LogP contribution < -0.4 is 0 Å². The van der Waals surface area contributed by atoms with E-state index in [1.54, 1.807) is 6.08 Å². The highest BCUT2D eigenvalue weighted by Crippen LogP contribution is 2.10. The number of hydrogen-bond donors (Lipinski definition) is 0. The molecule has 3 heteroatoms. The second kappa shape index (κ2) is 5.95. The Morgan fingerprint density at radius 2 is 2.06 bits per heavy atom. The summed E-state index contributed by atoms with van der Waals surface area (Å²) in [6.07, 6.45) is 3.03. The first-order valence-electron chi connectivity index (χ1n) is 5.08. The van der Waals surface area contributed by atoms with Crippen molar-refractivity contribution >= 4 is 12.2 Å². The molecule has 0 aliphatic heterocycles. The maximum absolute atomic E-state index is 10.6. The van der Waals surface area contributed by atoms with E-state index in [1.165, 1.54) is 18.2 Å². The summed E-state index contributed by atoms with van der Waals surface area (Å²) in [5.41, 5.74) is 3.61. The van der Waals surface area contributed by atoms with Crippen LogP contribution in [0.2, 0.25) is 0 Å². The predicted molar refractivity (Wildman–Crippen MR) is 63.3 cm³/mol. The van der Waals surface area contributed by atoms with E-state index in [2.05, 4.69) is 30.7 Å².